The summed E-state index contributed by atoms with van der Waals surface area (Å²) in [4.78, 5) is 11.7. The molecule has 1 heterocycles. The van der Waals surface area contributed by atoms with Gasteiger partial charge in [0.1, 0.15) is 6.10 Å². The number of nitrogens with two attached hydrogens (primary N) is 1. The Hall–Kier alpha value is -1.52. The molecule has 1 aromatic rings. The molecule has 1 rings (SSSR count). The lowest BCUT2D eigenvalue weighted by Crippen LogP contribution is -2.22. The second kappa shape index (κ2) is 4.33. The molecule has 0 saturated heterocycles. The van der Waals surface area contributed by atoms with Crippen molar-refractivity contribution in [3.8, 4) is 0 Å². The first-order valence-electron chi connectivity index (χ1n) is 4.92. The second-order valence-corrected chi connectivity index (χ2v) is 3.93. The molecule has 2 N–H and O–H groups in total. The largest absolute Gasteiger partial charge is 0.458 e. The Morgan fingerprint density at radius 1 is 1.53 bits per heavy atom. The Bertz CT molecular complexity index is 338. The van der Waals surface area contributed by atoms with Crippen molar-refractivity contribution in [2.24, 2.45) is 13.0 Å². The monoisotopic (exact) mass is 211 g/mol. The molecule has 1 atom stereocenters. The van der Waals surface area contributed by atoms with Gasteiger partial charge in [-0.3, -0.25) is 4.68 Å². The maximum atomic E-state index is 11.7. The van der Waals surface area contributed by atoms with Gasteiger partial charge in [-0.2, -0.15) is 5.10 Å². The third kappa shape index (κ3) is 2.49. The summed E-state index contributed by atoms with van der Waals surface area (Å²) in [6.07, 6.45) is 1.31. The summed E-state index contributed by atoms with van der Waals surface area (Å²) in [6.45, 7) is 5.84. The molecule has 0 aliphatic rings. The second-order valence-electron chi connectivity index (χ2n) is 3.93. The highest BCUT2D eigenvalue weighted by molar-refractivity contribution is 5.93. The van der Waals surface area contributed by atoms with Crippen LogP contribution in [0.2, 0.25) is 0 Å². The fourth-order valence-electron chi connectivity index (χ4n) is 1.07. The van der Waals surface area contributed by atoms with Gasteiger partial charge in [0, 0.05) is 7.05 Å². The van der Waals surface area contributed by atoms with E-state index in [0.717, 1.165) is 0 Å². The van der Waals surface area contributed by atoms with Gasteiger partial charge in [-0.1, -0.05) is 13.8 Å². The van der Waals surface area contributed by atoms with Gasteiger partial charge in [0.2, 0.25) is 0 Å². The molecule has 1 aromatic heterocycles. The molecular formula is C10H17N3O2. The lowest BCUT2D eigenvalue weighted by molar-refractivity contribution is 0.0227. The highest BCUT2D eigenvalue weighted by Crippen LogP contribution is 2.14. The van der Waals surface area contributed by atoms with E-state index in [1.165, 1.54) is 10.9 Å². The van der Waals surface area contributed by atoms with Gasteiger partial charge in [0.05, 0.1) is 11.9 Å². The summed E-state index contributed by atoms with van der Waals surface area (Å²) < 4.78 is 6.66. The minimum Gasteiger partial charge on any atom is -0.458 e. The number of aromatic nitrogens is 2. The van der Waals surface area contributed by atoms with E-state index in [4.69, 9.17) is 10.5 Å². The van der Waals surface area contributed by atoms with Gasteiger partial charge in [0.15, 0.2) is 5.69 Å². The zero-order valence-corrected chi connectivity index (χ0v) is 9.52. The number of nitrogens with zero attached hydrogens (tertiary/aromatic N) is 2. The Labute approximate surface area is 89.2 Å². The smallest absolute Gasteiger partial charge is 0.359 e. The maximum absolute atomic E-state index is 11.7. The summed E-state index contributed by atoms with van der Waals surface area (Å²) in [7, 11) is 1.66. The van der Waals surface area contributed by atoms with Gasteiger partial charge in [-0.25, -0.2) is 4.79 Å². The van der Waals surface area contributed by atoms with Crippen LogP contribution in [-0.2, 0) is 11.8 Å². The lowest BCUT2D eigenvalue weighted by atomic mass is 10.1. The molecule has 0 aromatic carbocycles. The number of nitrogen functional groups attached to an aromatic ring is 1. The van der Waals surface area contributed by atoms with Crippen LogP contribution in [0, 0.1) is 5.92 Å². The third-order valence-electron chi connectivity index (χ3n) is 2.39. The van der Waals surface area contributed by atoms with Crippen LogP contribution in [0.25, 0.3) is 0 Å². The Balaban J connectivity index is 2.78. The standard InChI is InChI=1S/C10H17N3O2/c1-6(2)7(3)15-10(14)9-8(11)5-12-13(9)4/h5-7H,11H2,1-4H3. The number of hydrogen-bond donors (Lipinski definition) is 1. The molecule has 0 amide bonds. The van der Waals surface area contributed by atoms with E-state index < -0.39 is 5.97 Å². The predicted octanol–water partition coefficient (Wildman–Crippen LogP) is 1.20. The van der Waals surface area contributed by atoms with Crippen LogP contribution < -0.4 is 5.73 Å². The molecular weight excluding hydrogens is 194 g/mol. The molecule has 0 fully saturated rings. The van der Waals surface area contributed by atoms with Crippen molar-refractivity contribution in [3.05, 3.63) is 11.9 Å². The lowest BCUT2D eigenvalue weighted by Gasteiger charge is -2.16. The quantitative estimate of drug-likeness (QED) is 0.763. The number of aryl methyl sites for hydroxylation is 1. The van der Waals surface area contributed by atoms with Gasteiger partial charge < -0.3 is 10.5 Å². The Morgan fingerprint density at radius 2 is 2.13 bits per heavy atom. The SMILES string of the molecule is CC(C)C(C)OC(=O)c1c(N)cnn1C. The number of hydrogen-bond acceptors (Lipinski definition) is 4. The number of ether oxygens (including phenoxy) is 1. The highest BCUT2D eigenvalue weighted by atomic mass is 16.5. The maximum Gasteiger partial charge on any atom is 0.359 e. The molecule has 84 valence electrons. The normalized spacial score (nSPS) is 12.9. The zero-order valence-electron chi connectivity index (χ0n) is 9.52. The summed E-state index contributed by atoms with van der Waals surface area (Å²) in [6, 6.07) is 0. The number of rotatable bonds is 3. The van der Waals surface area contributed by atoms with Crippen LogP contribution in [-0.4, -0.2) is 21.9 Å². The number of carbonyl (C=O) groups is 1. The van der Waals surface area contributed by atoms with Gasteiger partial charge in [-0.05, 0) is 12.8 Å². The highest BCUT2D eigenvalue weighted by Gasteiger charge is 2.20. The van der Waals surface area contributed by atoms with Crippen LogP contribution in [0.3, 0.4) is 0 Å². The summed E-state index contributed by atoms with van der Waals surface area (Å²) in [5.74, 6) is -0.142. The summed E-state index contributed by atoms with van der Waals surface area (Å²) in [5.41, 5.74) is 6.26. The van der Waals surface area contributed by atoms with E-state index in [1.807, 2.05) is 20.8 Å². The van der Waals surface area contributed by atoms with Crippen molar-refractivity contribution in [1.29, 1.82) is 0 Å². The van der Waals surface area contributed by atoms with Crippen LogP contribution in [0.15, 0.2) is 6.20 Å². The minimum absolute atomic E-state index is 0.133. The van der Waals surface area contributed by atoms with Crippen molar-refractivity contribution >= 4 is 11.7 Å². The molecule has 15 heavy (non-hydrogen) atoms. The van der Waals surface area contributed by atoms with Crippen molar-refractivity contribution < 1.29 is 9.53 Å². The van der Waals surface area contributed by atoms with E-state index in [2.05, 4.69) is 5.10 Å². The van der Waals surface area contributed by atoms with Crippen LogP contribution in [0.5, 0.6) is 0 Å². The number of esters is 1. The van der Waals surface area contributed by atoms with Crippen LogP contribution >= 0.6 is 0 Å². The molecule has 0 bridgehead atoms. The van der Waals surface area contributed by atoms with E-state index in [-0.39, 0.29) is 12.0 Å². The van der Waals surface area contributed by atoms with Crippen LogP contribution in [0.1, 0.15) is 31.3 Å². The summed E-state index contributed by atoms with van der Waals surface area (Å²) in [5, 5.41) is 3.88. The molecule has 0 spiro atoms. The molecule has 1 unspecified atom stereocenters. The topological polar surface area (TPSA) is 70.1 Å². The number of carbonyl (C=O) groups excluding carboxylic acids is 1. The fourth-order valence-corrected chi connectivity index (χ4v) is 1.07. The molecule has 0 saturated carbocycles. The summed E-state index contributed by atoms with van der Waals surface area (Å²) >= 11 is 0. The van der Waals surface area contributed by atoms with Crippen molar-refractivity contribution in [2.75, 3.05) is 5.73 Å². The zero-order chi connectivity index (χ0) is 11.6. The average Bonchev–Trinajstić information content (AvgIpc) is 2.45. The van der Waals surface area contributed by atoms with E-state index in [1.54, 1.807) is 7.05 Å². The third-order valence-corrected chi connectivity index (χ3v) is 2.39. The van der Waals surface area contributed by atoms with E-state index in [9.17, 15) is 4.79 Å². The fraction of sp³-hybridized carbons (Fsp3) is 0.600. The van der Waals surface area contributed by atoms with Gasteiger partial charge in [0.25, 0.3) is 0 Å². The van der Waals surface area contributed by atoms with Crippen molar-refractivity contribution in [3.63, 3.8) is 0 Å². The Kier molecular flexibility index (Phi) is 3.34. The molecule has 5 nitrogen and oxygen atoms in total. The van der Waals surface area contributed by atoms with E-state index >= 15 is 0 Å². The predicted molar refractivity (Wildman–Crippen MR) is 57.3 cm³/mol. The Morgan fingerprint density at radius 3 is 2.53 bits per heavy atom. The number of anilines is 1. The molecule has 5 heteroatoms. The molecule has 0 aliphatic carbocycles. The minimum atomic E-state index is -0.423. The molecule has 0 aliphatic heterocycles. The van der Waals surface area contributed by atoms with Crippen molar-refractivity contribution in [2.45, 2.75) is 26.9 Å². The average molecular weight is 211 g/mol. The first kappa shape index (κ1) is 11.6. The van der Waals surface area contributed by atoms with Gasteiger partial charge >= 0.3 is 5.97 Å². The van der Waals surface area contributed by atoms with Crippen LogP contribution in [0.4, 0.5) is 5.69 Å². The van der Waals surface area contributed by atoms with Gasteiger partial charge in [-0.15, -0.1) is 0 Å². The van der Waals surface area contributed by atoms with E-state index in [0.29, 0.717) is 11.4 Å². The molecule has 0 radical (unpaired) electrons. The first-order valence-corrected chi connectivity index (χ1v) is 4.92. The first-order chi connectivity index (χ1) is 6.93. The van der Waals surface area contributed by atoms with Crippen molar-refractivity contribution in [1.82, 2.24) is 9.78 Å².